The minimum absolute atomic E-state index is 0.190. The van der Waals surface area contributed by atoms with E-state index in [4.69, 9.17) is 28.5 Å². The van der Waals surface area contributed by atoms with Crippen LogP contribution in [0.1, 0.15) is 16.8 Å². The zero-order valence-corrected chi connectivity index (χ0v) is 12.9. The molecule has 108 valence electrons. The Labute approximate surface area is 134 Å². The molecule has 1 aromatic heterocycles. The summed E-state index contributed by atoms with van der Waals surface area (Å²) in [5, 5.41) is 23.0. The van der Waals surface area contributed by atoms with Gasteiger partial charge in [-0.15, -0.1) is 10.2 Å². The van der Waals surface area contributed by atoms with Crippen LogP contribution in [0.5, 0.6) is 0 Å². The maximum atomic E-state index is 12.1. The van der Waals surface area contributed by atoms with Gasteiger partial charge in [-0.3, -0.25) is 10.1 Å². The number of anilines is 2. The highest BCUT2D eigenvalue weighted by atomic mass is 35.5. The van der Waals surface area contributed by atoms with Crippen molar-refractivity contribution in [3.63, 3.8) is 0 Å². The molecule has 0 atom stereocenters. The summed E-state index contributed by atoms with van der Waals surface area (Å²) < 4.78 is 0. The Hall–Kier alpha value is -1.88. The predicted molar refractivity (Wildman–Crippen MR) is 83.0 cm³/mol. The molecule has 0 spiro atoms. The molecule has 1 aromatic carbocycles. The monoisotopic (exact) mass is 341 g/mol. The van der Waals surface area contributed by atoms with E-state index < -0.39 is 5.91 Å². The summed E-state index contributed by atoms with van der Waals surface area (Å²) in [6, 6.07) is 6.82. The van der Waals surface area contributed by atoms with Gasteiger partial charge in [-0.25, -0.2) is 0 Å². The van der Waals surface area contributed by atoms with Gasteiger partial charge in [0.2, 0.25) is 10.3 Å². The molecule has 1 amide bonds. The normalized spacial score (nSPS) is 9.95. The molecule has 0 radical (unpaired) electrons. The van der Waals surface area contributed by atoms with Gasteiger partial charge in [0.1, 0.15) is 0 Å². The van der Waals surface area contributed by atoms with E-state index >= 15 is 0 Å². The predicted octanol–water partition coefficient (Wildman–Crippen LogP) is 3.42. The van der Waals surface area contributed by atoms with Crippen molar-refractivity contribution in [3.05, 3.63) is 33.8 Å². The number of hydrogen-bond acceptors (Lipinski definition) is 6. The molecule has 9 heteroatoms. The number of benzene rings is 1. The van der Waals surface area contributed by atoms with Crippen LogP contribution >= 0.6 is 34.5 Å². The number of nitrogens with zero attached hydrogens (tertiary/aromatic N) is 3. The average Bonchev–Trinajstić information content (AvgIpc) is 2.86. The quantitative estimate of drug-likeness (QED) is 0.813. The first-order valence-corrected chi connectivity index (χ1v) is 7.38. The third-order valence-corrected chi connectivity index (χ3v) is 3.77. The summed E-state index contributed by atoms with van der Waals surface area (Å²) in [5.74, 6) is -0.453. The lowest BCUT2D eigenvalue weighted by Gasteiger charge is -2.05. The van der Waals surface area contributed by atoms with E-state index in [0.717, 1.165) is 11.3 Å². The van der Waals surface area contributed by atoms with E-state index in [2.05, 4.69) is 20.8 Å². The first kappa shape index (κ1) is 15.5. The fraction of sp³-hybridized carbons (Fsp3) is 0.167. The van der Waals surface area contributed by atoms with Crippen molar-refractivity contribution in [2.75, 3.05) is 17.2 Å². The Kier molecular flexibility index (Phi) is 5.33. The van der Waals surface area contributed by atoms with Crippen molar-refractivity contribution in [1.82, 2.24) is 10.2 Å². The summed E-state index contributed by atoms with van der Waals surface area (Å²) in [6.45, 7) is 0.468. The van der Waals surface area contributed by atoms with Crippen LogP contribution < -0.4 is 10.6 Å². The lowest BCUT2D eigenvalue weighted by atomic mass is 10.2. The number of rotatable bonds is 5. The number of nitrogens with one attached hydrogen (secondary N) is 2. The van der Waals surface area contributed by atoms with Gasteiger partial charge < -0.3 is 5.32 Å². The van der Waals surface area contributed by atoms with Crippen LogP contribution in [0.15, 0.2) is 18.2 Å². The van der Waals surface area contributed by atoms with Crippen LogP contribution in [0, 0.1) is 11.3 Å². The van der Waals surface area contributed by atoms with E-state index in [1.165, 1.54) is 0 Å². The van der Waals surface area contributed by atoms with Gasteiger partial charge in [0.05, 0.1) is 28.1 Å². The second kappa shape index (κ2) is 7.22. The van der Waals surface area contributed by atoms with Crippen molar-refractivity contribution >= 4 is 50.7 Å². The van der Waals surface area contributed by atoms with Crippen LogP contribution in [-0.2, 0) is 0 Å². The second-order valence-electron chi connectivity index (χ2n) is 3.80. The van der Waals surface area contributed by atoms with Gasteiger partial charge in [0, 0.05) is 6.54 Å². The molecule has 2 N–H and O–H groups in total. The van der Waals surface area contributed by atoms with Gasteiger partial charge in [-0.2, -0.15) is 5.26 Å². The molecule has 0 saturated heterocycles. The fourth-order valence-corrected chi connectivity index (χ4v) is 2.68. The molecule has 1 heterocycles. The molecule has 6 nitrogen and oxygen atoms in total. The number of hydrogen-bond donors (Lipinski definition) is 2. The molecular formula is C12H9Cl2N5OS. The van der Waals surface area contributed by atoms with Crippen LogP contribution in [0.2, 0.25) is 10.0 Å². The van der Waals surface area contributed by atoms with Crippen molar-refractivity contribution < 1.29 is 4.79 Å². The third-order valence-electron chi connectivity index (χ3n) is 2.35. The van der Waals surface area contributed by atoms with Gasteiger partial charge in [0.15, 0.2) is 0 Å². The maximum Gasteiger partial charge on any atom is 0.260 e. The van der Waals surface area contributed by atoms with Gasteiger partial charge >= 0.3 is 0 Å². The molecule has 2 aromatic rings. The SMILES string of the molecule is N#CCCNc1nnc(NC(=O)c2c(Cl)cccc2Cl)s1. The molecule has 0 aliphatic carbocycles. The molecule has 2 rings (SSSR count). The van der Waals surface area contributed by atoms with E-state index in [1.54, 1.807) is 18.2 Å². The number of nitriles is 1. The van der Waals surface area contributed by atoms with Gasteiger partial charge in [0.25, 0.3) is 5.91 Å². The topological polar surface area (TPSA) is 90.7 Å². The standard InChI is InChI=1S/C12H9Cl2N5OS/c13-7-3-1-4-8(14)9(7)10(20)17-12-19-18-11(21-12)16-6-2-5-15/h1,3-4H,2,6H2,(H,16,18)(H,17,19,20). The Morgan fingerprint density at radius 1 is 1.29 bits per heavy atom. The highest BCUT2D eigenvalue weighted by Crippen LogP contribution is 2.26. The van der Waals surface area contributed by atoms with E-state index in [-0.39, 0.29) is 15.6 Å². The highest BCUT2D eigenvalue weighted by Gasteiger charge is 2.16. The van der Waals surface area contributed by atoms with E-state index in [1.807, 2.05) is 6.07 Å². The lowest BCUT2D eigenvalue weighted by Crippen LogP contribution is -2.12. The number of aromatic nitrogens is 2. The summed E-state index contributed by atoms with van der Waals surface area (Å²) in [7, 11) is 0. The molecule has 0 bridgehead atoms. The Balaban J connectivity index is 2.05. The summed E-state index contributed by atoms with van der Waals surface area (Å²) >= 11 is 13.1. The zero-order chi connectivity index (χ0) is 15.2. The van der Waals surface area contributed by atoms with Crippen molar-refractivity contribution in [1.29, 1.82) is 5.26 Å². The minimum atomic E-state index is -0.453. The smallest absolute Gasteiger partial charge is 0.260 e. The summed E-state index contributed by atoms with van der Waals surface area (Å²) in [5.41, 5.74) is 0.190. The largest absolute Gasteiger partial charge is 0.359 e. The van der Waals surface area contributed by atoms with Crippen molar-refractivity contribution in [2.24, 2.45) is 0 Å². The summed E-state index contributed by atoms with van der Waals surface area (Å²) in [6.07, 6.45) is 0.358. The average molecular weight is 342 g/mol. The Morgan fingerprint density at radius 3 is 2.62 bits per heavy atom. The molecule has 0 aliphatic heterocycles. The zero-order valence-electron chi connectivity index (χ0n) is 10.6. The lowest BCUT2D eigenvalue weighted by molar-refractivity contribution is 0.102. The van der Waals surface area contributed by atoms with Crippen molar-refractivity contribution in [2.45, 2.75) is 6.42 Å². The molecular weight excluding hydrogens is 333 g/mol. The molecule has 0 saturated carbocycles. The first-order chi connectivity index (χ1) is 10.1. The fourth-order valence-electron chi connectivity index (χ4n) is 1.44. The van der Waals surface area contributed by atoms with E-state index in [9.17, 15) is 4.79 Å². The molecule has 21 heavy (non-hydrogen) atoms. The van der Waals surface area contributed by atoms with Crippen LogP contribution in [0.3, 0.4) is 0 Å². The van der Waals surface area contributed by atoms with Crippen molar-refractivity contribution in [3.8, 4) is 6.07 Å². The highest BCUT2D eigenvalue weighted by molar-refractivity contribution is 7.19. The first-order valence-electron chi connectivity index (χ1n) is 5.81. The second-order valence-corrected chi connectivity index (χ2v) is 5.59. The van der Waals surface area contributed by atoms with Crippen LogP contribution in [0.4, 0.5) is 10.3 Å². The van der Waals surface area contributed by atoms with Gasteiger partial charge in [-0.1, -0.05) is 40.6 Å². The van der Waals surface area contributed by atoms with Gasteiger partial charge in [-0.05, 0) is 12.1 Å². The van der Waals surface area contributed by atoms with Crippen LogP contribution in [-0.4, -0.2) is 22.6 Å². The third kappa shape index (κ3) is 4.04. The van der Waals surface area contributed by atoms with E-state index in [0.29, 0.717) is 23.2 Å². The molecule has 0 unspecified atom stereocenters. The molecule has 0 fully saturated rings. The molecule has 0 aliphatic rings. The Morgan fingerprint density at radius 2 is 1.95 bits per heavy atom. The number of halogens is 2. The number of carbonyl (C=O) groups excluding carboxylic acids is 1. The minimum Gasteiger partial charge on any atom is -0.359 e. The summed E-state index contributed by atoms with van der Waals surface area (Å²) in [4.78, 5) is 12.1. The Bertz CT molecular complexity index is 677. The number of carbonyl (C=O) groups is 1. The number of amides is 1. The van der Waals surface area contributed by atoms with Crippen LogP contribution in [0.25, 0.3) is 0 Å². The maximum absolute atomic E-state index is 12.1.